The van der Waals surface area contributed by atoms with E-state index in [0.717, 1.165) is 4.57 Å². The molecule has 25 heavy (non-hydrogen) atoms. The number of amides is 1. The van der Waals surface area contributed by atoms with Crippen molar-refractivity contribution < 1.29 is 9.53 Å². The number of nitrogens with zero attached hydrogens (tertiary/aromatic N) is 3. The second-order valence-electron chi connectivity index (χ2n) is 5.66. The fraction of sp³-hybridized carbons (Fsp3) is 0.235. The quantitative estimate of drug-likeness (QED) is 0.755. The number of methoxy groups -OCH3 is 1. The lowest BCUT2D eigenvalue weighted by Crippen LogP contribution is -2.37. The van der Waals surface area contributed by atoms with Gasteiger partial charge in [-0.25, -0.2) is 4.79 Å². The third-order valence-electron chi connectivity index (χ3n) is 4.07. The molecular weight excluding hydrogens is 324 g/mol. The fourth-order valence-corrected chi connectivity index (χ4v) is 2.70. The second kappa shape index (κ2) is 6.31. The van der Waals surface area contributed by atoms with Crippen molar-refractivity contribution >= 4 is 22.6 Å². The van der Waals surface area contributed by atoms with Crippen LogP contribution in [0.1, 0.15) is 0 Å². The molecule has 1 amide bonds. The third kappa shape index (κ3) is 2.93. The number of anilines is 1. The van der Waals surface area contributed by atoms with Crippen molar-refractivity contribution in [3.8, 4) is 5.75 Å². The molecule has 0 aliphatic rings. The van der Waals surface area contributed by atoms with Crippen molar-refractivity contribution in [3.05, 3.63) is 57.4 Å². The minimum Gasteiger partial charge on any atom is -0.497 e. The second-order valence-corrected chi connectivity index (χ2v) is 5.66. The Balaban J connectivity index is 1.89. The molecular formula is C17H18N4O4. The normalized spacial score (nSPS) is 10.8. The highest BCUT2D eigenvalue weighted by atomic mass is 16.5. The maximum Gasteiger partial charge on any atom is 0.331 e. The van der Waals surface area contributed by atoms with Gasteiger partial charge < -0.3 is 14.6 Å². The van der Waals surface area contributed by atoms with E-state index in [1.165, 1.54) is 16.2 Å². The molecule has 0 aliphatic heterocycles. The zero-order valence-electron chi connectivity index (χ0n) is 14.1. The monoisotopic (exact) mass is 342 g/mol. The highest BCUT2D eigenvalue weighted by molar-refractivity contribution is 5.91. The number of carbonyl (C=O) groups excluding carboxylic acids is 1. The van der Waals surface area contributed by atoms with Crippen LogP contribution in [0.15, 0.2) is 46.1 Å². The van der Waals surface area contributed by atoms with Gasteiger partial charge in [-0.3, -0.25) is 18.7 Å². The summed E-state index contributed by atoms with van der Waals surface area (Å²) in [5, 5.41) is 2.76. The van der Waals surface area contributed by atoms with Crippen molar-refractivity contribution in [1.29, 1.82) is 0 Å². The van der Waals surface area contributed by atoms with Gasteiger partial charge in [0.2, 0.25) is 5.91 Å². The van der Waals surface area contributed by atoms with E-state index in [-0.39, 0.29) is 12.5 Å². The summed E-state index contributed by atoms with van der Waals surface area (Å²) in [7, 11) is 4.57. The number of aromatic nitrogens is 3. The molecule has 8 nitrogen and oxygen atoms in total. The molecule has 0 spiro atoms. The molecule has 0 fully saturated rings. The Hall–Kier alpha value is -3.29. The highest BCUT2D eigenvalue weighted by Crippen LogP contribution is 2.15. The molecule has 8 heteroatoms. The van der Waals surface area contributed by atoms with Crippen LogP contribution >= 0.6 is 0 Å². The highest BCUT2D eigenvalue weighted by Gasteiger charge is 2.14. The Morgan fingerprint density at radius 3 is 2.40 bits per heavy atom. The van der Waals surface area contributed by atoms with Crippen molar-refractivity contribution in [2.45, 2.75) is 6.54 Å². The van der Waals surface area contributed by atoms with Crippen LogP contribution in [0.5, 0.6) is 5.75 Å². The van der Waals surface area contributed by atoms with Crippen molar-refractivity contribution in [2.75, 3.05) is 12.4 Å². The topological polar surface area (TPSA) is 87.3 Å². The molecule has 0 aliphatic carbocycles. The van der Waals surface area contributed by atoms with E-state index in [9.17, 15) is 14.4 Å². The lowest BCUT2D eigenvalue weighted by molar-refractivity contribution is -0.116. The Kier molecular flexibility index (Phi) is 4.18. The number of hydrogen-bond acceptors (Lipinski definition) is 4. The molecule has 1 aromatic carbocycles. The Morgan fingerprint density at radius 1 is 1.08 bits per heavy atom. The molecule has 3 rings (SSSR count). The van der Waals surface area contributed by atoms with Gasteiger partial charge in [-0.2, -0.15) is 0 Å². The van der Waals surface area contributed by atoms with Gasteiger partial charge >= 0.3 is 5.69 Å². The average Bonchev–Trinajstić information content (AvgIpc) is 3.02. The van der Waals surface area contributed by atoms with Crippen molar-refractivity contribution in [1.82, 2.24) is 13.7 Å². The maximum absolute atomic E-state index is 12.4. The molecule has 0 radical (unpaired) electrons. The summed E-state index contributed by atoms with van der Waals surface area (Å²) in [6.07, 6.45) is 1.62. The van der Waals surface area contributed by atoms with Crippen LogP contribution in [0.25, 0.3) is 11.0 Å². The first-order valence-corrected chi connectivity index (χ1v) is 7.61. The van der Waals surface area contributed by atoms with Gasteiger partial charge in [-0.15, -0.1) is 0 Å². The largest absolute Gasteiger partial charge is 0.497 e. The summed E-state index contributed by atoms with van der Waals surface area (Å²) >= 11 is 0. The van der Waals surface area contributed by atoms with E-state index in [0.29, 0.717) is 22.5 Å². The van der Waals surface area contributed by atoms with Crippen molar-refractivity contribution in [3.63, 3.8) is 0 Å². The standard InChI is InChI=1S/C17H18N4O4/c1-19-13-8-9-21(15(13)16(23)20(2)17(19)24)10-14(22)18-11-4-6-12(25-3)7-5-11/h4-9H,10H2,1-3H3,(H,18,22). The summed E-state index contributed by atoms with van der Waals surface area (Å²) in [4.78, 5) is 36.6. The zero-order valence-corrected chi connectivity index (χ0v) is 14.1. The summed E-state index contributed by atoms with van der Waals surface area (Å²) in [5.74, 6) is 0.414. The first kappa shape index (κ1) is 16.6. The summed E-state index contributed by atoms with van der Waals surface area (Å²) in [5.41, 5.74) is 0.598. The Labute approximate surface area is 142 Å². The molecule has 0 saturated carbocycles. The summed E-state index contributed by atoms with van der Waals surface area (Å²) in [6, 6.07) is 8.59. The lowest BCUT2D eigenvalue weighted by atomic mass is 10.3. The van der Waals surface area contributed by atoms with Gasteiger partial charge in [0.1, 0.15) is 17.8 Å². The van der Waals surface area contributed by atoms with Crippen LogP contribution in [0.4, 0.5) is 5.69 Å². The number of nitrogens with one attached hydrogen (secondary N) is 1. The minimum atomic E-state index is -0.430. The number of rotatable bonds is 4. The summed E-state index contributed by atoms with van der Waals surface area (Å²) in [6.45, 7) is -0.0387. The molecule has 130 valence electrons. The van der Waals surface area contributed by atoms with Gasteiger partial charge in [-0.1, -0.05) is 0 Å². The lowest BCUT2D eigenvalue weighted by Gasteiger charge is -2.09. The van der Waals surface area contributed by atoms with Crippen molar-refractivity contribution in [2.24, 2.45) is 14.1 Å². The van der Waals surface area contributed by atoms with E-state index < -0.39 is 11.2 Å². The number of carbonyl (C=O) groups is 1. The first-order chi connectivity index (χ1) is 11.9. The number of aryl methyl sites for hydroxylation is 1. The number of fused-ring (bicyclic) bond motifs is 1. The summed E-state index contributed by atoms with van der Waals surface area (Å²) < 4.78 is 9.02. The average molecular weight is 342 g/mol. The van der Waals surface area contributed by atoms with Crippen LogP contribution in [-0.2, 0) is 25.4 Å². The molecule has 1 N–H and O–H groups in total. The van der Waals surface area contributed by atoms with E-state index in [4.69, 9.17) is 4.74 Å². The van der Waals surface area contributed by atoms with Gasteiger partial charge in [0.15, 0.2) is 0 Å². The SMILES string of the molecule is COc1ccc(NC(=O)Cn2ccc3c2c(=O)n(C)c(=O)n3C)cc1. The fourth-order valence-electron chi connectivity index (χ4n) is 2.70. The Bertz CT molecular complexity index is 1060. The van der Waals surface area contributed by atoms with Gasteiger partial charge in [0.05, 0.1) is 12.6 Å². The molecule has 2 aromatic heterocycles. The number of ether oxygens (including phenoxy) is 1. The molecule has 0 bridgehead atoms. The smallest absolute Gasteiger partial charge is 0.331 e. The first-order valence-electron chi connectivity index (χ1n) is 7.61. The van der Waals surface area contributed by atoms with E-state index in [1.54, 1.807) is 50.7 Å². The minimum absolute atomic E-state index is 0.0387. The maximum atomic E-state index is 12.4. The van der Waals surface area contributed by atoms with Crippen LogP contribution < -0.4 is 21.3 Å². The molecule has 3 aromatic rings. The van der Waals surface area contributed by atoms with E-state index in [2.05, 4.69) is 5.32 Å². The van der Waals surface area contributed by atoms with Gasteiger partial charge in [-0.05, 0) is 30.3 Å². The third-order valence-corrected chi connectivity index (χ3v) is 4.07. The number of benzene rings is 1. The van der Waals surface area contributed by atoms with Crippen LogP contribution in [0.2, 0.25) is 0 Å². The van der Waals surface area contributed by atoms with Gasteiger partial charge in [0, 0.05) is 26.0 Å². The van der Waals surface area contributed by atoms with Crippen LogP contribution in [-0.4, -0.2) is 26.7 Å². The van der Waals surface area contributed by atoms with Crippen LogP contribution in [0, 0.1) is 0 Å². The van der Waals surface area contributed by atoms with E-state index in [1.807, 2.05) is 0 Å². The molecule has 2 heterocycles. The molecule has 0 saturated heterocycles. The van der Waals surface area contributed by atoms with Gasteiger partial charge in [0.25, 0.3) is 5.56 Å². The molecule has 0 atom stereocenters. The predicted molar refractivity (Wildman–Crippen MR) is 94.0 cm³/mol. The molecule has 0 unspecified atom stereocenters. The van der Waals surface area contributed by atoms with E-state index >= 15 is 0 Å². The number of hydrogen-bond donors (Lipinski definition) is 1. The Morgan fingerprint density at radius 2 is 1.76 bits per heavy atom. The van der Waals surface area contributed by atoms with Crippen LogP contribution in [0.3, 0.4) is 0 Å². The predicted octanol–water partition coefficient (Wildman–Crippen LogP) is 0.686. The zero-order chi connectivity index (χ0) is 18.1.